The van der Waals surface area contributed by atoms with Gasteiger partial charge in [-0.1, -0.05) is 32.9 Å². The first-order valence-corrected chi connectivity index (χ1v) is 11.3. The Hall–Kier alpha value is -4.01. The van der Waals surface area contributed by atoms with Gasteiger partial charge in [-0.25, -0.2) is 23.6 Å². The number of aliphatic imine (C=N–C) groups is 2. The lowest BCUT2D eigenvalue weighted by atomic mass is 10.1. The van der Waals surface area contributed by atoms with Gasteiger partial charge in [-0.3, -0.25) is 0 Å². The van der Waals surface area contributed by atoms with Gasteiger partial charge in [0.25, 0.3) is 0 Å². The number of halogens is 2. The molecule has 2 aromatic rings. The lowest BCUT2D eigenvalue weighted by Crippen LogP contribution is -2.20. The largest absolute Gasteiger partial charge is 0.387 e. The summed E-state index contributed by atoms with van der Waals surface area (Å²) in [4.78, 5) is 20.9. The van der Waals surface area contributed by atoms with E-state index >= 15 is 0 Å². The lowest BCUT2D eigenvalue weighted by molar-refractivity contribution is 0.262. The number of nitrogens with one attached hydrogen (secondary N) is 2. The molecule has 186 valence electrons. The molecule has 7 nitrogen and oxygen atoms in total. The van der Waals surface area contributed by atoms with Crippen LogP contribution in [0.2, 0.25) is 0 Å². The van der Waals surface area contributed by atoms with Crippen molar-refractivity contribution in [3.8, 4) is 0 Å². The predicted molar refractivity (Wildman–Crippen MR) is 141 cm³/mol. The molecule has 0 saturated heterocycles. The van der Waals surface area contributed by atoms with Crippen LogP contribution in [0.5, 0.6) is 0 Å². The number of carbonyl (C=O) groups excluding carboxylic acids is 1. The van der Waals surface area contributed by atoms with E-state index in [2.05, 4.69) is 20.6 Å². The van der Waals surface area contributed by atoms with Gasteiger partial charge in [0.15, 0.2) is 0 Å². The van der Waals surface area contributed by atoms with Crippen molar-refractivity contribution in [2.45, 2.75) is 41.0 Å². The van der Waals surface area contributed by atoms with Crippen LogP contribution in [0.1, 0.15) is 52.2 Å². The Kier molecular flexibility index (Phi) is 9.69. The van der Waals surface area contributed by atoms with E-state index in [4.69, 9.17) is 11.5 Å². The van der Waals surface area contributed by atoms with Gasteiger partial charge in [0, 0.05) is 34.8 Å². The molecule has 0 saturated carbocycles. The maximum atomic E-state index is 14.7. The van der Waals surface area contributed by atoms with Gasteiger partial charge in [-0.05, 0) is 50.2 Å². The van der Waals surface area contributed by atoms with Crippen LogP contribution >= 0.6 is 0 Å². The van der Waals surface area contributed by atoms with Crippen molar-refractivity contribution in [3.63, 3.8) is 0 Å². The van der Waals surface area contributed by atoms with Crippen LogP contribution in [0.4, 0.5) is 25.0 Å². The maximum Gasteiger partial charge on any atom is 0.323 e. The SMILES string of the molecule is C/C=C(\N=C(N)CC)c1ccc(NC(=O)Nc2ccc(/C(=C/C)N=C(N)C(C)C)c(F)c2)cc1F. The molecule has 9 heteroatoms. The summed E-state index contributed by atoms with van der Waals surface area (Å²) < 4.78 is 29.4. The number of amides is 2. The highest BCUT2D eigenvalue weighted by Crippen LogP contribution is 2.25. The van der Waals surface area contributed by atoms with E-state index in [-0.39, 0.29) is 28.4 Å². The van der Waals surface area contributed by atoms with E-state index in [1.54, 1.807) is 32.1 Å². The number of hydrogen-bond acceptors (Lipinski definition) is 3. The van der Waals surface area contributed by atoms with Crippen molar-refractivity contribution < 1.29 is 13.6 Å². The fourth-order valence-electron chi connectivity index (χ4n) is 2.96. The first-order valence-electron chi connectivity index (χ1n) is 11.3. The van der Waals surface area contributed by atoms with Crippen molar-refractivity contribution >= 4 is 40.5 Å². The van der Waals surface area contributed by atoms with Crippen molar-refractivity contribution in [3.05, 3.63) is 71.3 Å². The quantitative estimate of drug-likeness (QED) is 0.268. The van der Waals surface area contributed by atoms with Crippen LogP contribution < -0.4 is 22.1 Å². The van der Waals surface area contributed by atoms with Crippen LogP contribution in [-0.2, 0) is 0 Å². The number of urea groups is 1. The van der Waals surface area contributed by atoms with Crippen molar-refractivity contribution in [1.82, 2.24) is 0 Å². The zero-order chi connectivity index (χ0) is 26.1. The number of anilines is 2. The van der Waals surface area contributed by atoms with Gasteiger partial charge in [-0.15, -0.1) is 0 Å². The Labute approximate surface area is 204 Å². The Morgan fingerprint density at radius 1 is 0.914 bits per heavy atom. The number of benzene rings is 2. The second-order valence-corrected chi connectivity index (χ2v) is 7.96. The molecule has 0 aliphatic heterocycles. The molecule has 0 unspecified atom stereocenters. The zero-order valence-corrected chi connectivity index (χ0v) is 20.6. The van der Waals surface area contributed by atoms with Crippen LogP contribution in [0.25, 0.3) is 11.4 Å². The average Bonchev–Trinajstić information content (AvgIpc) is 2.81. The molecule has 0 fully saturated rings. The van der Waals surface area contributed by atoms with Crippen LogP contribution in [-0.4, -0.2) is 17.7 Å². The van der Waals surface area contributed by atoms with Crippen LogP contribution in [0.15, 0.2) is 58.5 Å². The monoisotopic (exact) mass is 482 g/mol. The number of carbonyl (C=O) groups is 1. The molecule has 0 radical (unpaired) electrons. The van der Waals surface area contributed by atoms with E-state index in [0.717, 1.165) is 0 Å². The van der Waals surface area contributed by atoms with Crippen molar-refractivity contribution in [2.75, 3.05) is 10.6 Å². The van der Waals surface area contributed by atoms with Crippen LogP contribution in [0, 0.1) is 17.6 Å². The number of allylic oxidation sites excluding steroid dienone is 2. The molecule has 35 heavy (non-hydrogen) atoms. The molecular weight excluding hydrogens is 450 g/mol. The third kappa shape index (κ3) is 7.49. The summed E-state index contributed by atoms with van der Waals surface area (Å²) in [7, 11) is 0. The van der Waals surface area contributed by atoms with Gasteiger partial charge in [0.1, 0.15) is 17.5 Å². The third-order valence-corrected chi connectivity index (χ3v) is 5.02. The summed E-state index contributed by atoms with van der Waals surface area (Å²) in [6, 6.07) is 7.79. The summed E-state index contributed by atoms with van der Waals surface area (Å²) >= 11 is 0. The number of hydrogen-bond donors (Lipinski definition) is 4. The van der Waals surface area contributed by atoms with Crippen molar-refractivity contribution in [1.29, 1.82) is 0 Å². The topological polar surface area (TPSA) is 118 Å². The highest BCUT2D eigenvalue weighted by molar-refractivity contribution is 6.00. The highest BCUT2D eigenvalue weighted by Gasteiger charge is 2.13. The second kappa shape index (κ2) is 12.5. The minimum absolute atomic E-state index is 0.0170. The Balaban J connectivity index is 2.15. The summed E-state index contributed by atoms with van der Waals surface area (Å²) in [6.45, 7) is 9.10. The molecule has 0 aliphatic rings. The molecule has 2 amide bonds. The average molecular weight is 483 g/mol. The van der Waals surface area contributed by atoms with Gasteiger partial charge in [-0.2, -0.15) is 0 Å². The molecule has 2 aromatic carbocycles. The van der Waals surface area contributed by atoms with E-state index in [9.17, 15) is 13.6 Å². The van der Waals surface area contributed by atoms with Gasteiger partial charge >= 0.3 is 6.03 Å². The summed E-state index contributed by atoms with van der Waals surface area (Å²) in [5.41, 5.74) is 13.4. The summed E-state index contributed by atoms with van der Waals surface area (Å²) in [5, 5.41) is 5.07. The second-order valence-electron chi connectivity index (χ2n) is 7.96. The molecule has 2 rings (SSSR count). The number of nitrogens with zero attached hydrogens (tertiary/aromatic N) is 2. The first kappa shape index (κ1) is 27.2. The lowest BCUT2D eigenvalue weighted by Gasteiger charge is -2.12. The van der Waals surface area contributed by atoms with Gasteiger partial charge in [0.2, 0.25) is 0 Å². The fraction of sp³-hybridized carbons (Fsp3) is 0.269. The molecule has 6 N–H and O–H groups in total. The maximum absolute atomic E-state index is 14.7. The van der Waals surface area contributed by atoms with E-state index < -0.39 is 17.7 Å². The third-order valence-electron chi connectivity index (χ3n) is 5.02. The minimum Gasteiger partial charge on any atom is -0.387 e. The molecule has 0 aliphatic carbocycles. The number of rotatable bonds is 8. The van der Waals surface area contributed by atoms with E-state index in [1.807, 2.05) is 20.8 Å². The summed E-state index contributed by atoms with van der Waals surface area (Å²) in [5.74, 6) is -0.353. The Morgan fingerprint density at radius 3 is 1.74 bits per heavy atom. The Morgan fingerprint density at radius 2 is 1.37 bits per heavy atom. The standard InChI is InChI=1S/C26H32F2N6O/c1-6-22(33-24(29)8-3)18-11-9-16(13-20(18)27)31-26(35)32-17-10-12-19(21(28)14-17)23(7-2)34-25(30)15(4)5/h6-7,9-15H,8H2,1-5H3,(H2,29,33)(H2,30,34)(H2,31,32,35)/b22-6-,23-7-. The molecule has 0 heterocycles. The molecule has 0 atom stereocenters. The summed E-state index contributed by atoms with van der Waals surface area (Å²) in [6.07, 6.45) is 3.85. The van der Waals surface area contributed by atoms with Crippen molar-refractivity contribution in [2.24, 2.45) is 27.4 Å². The molecule has 0 bridgehead atoms. The predicted octanol–water partition coefficient (Wildman–Crippen LogP) is 6.11. The molecule has 0 aromatic heterocycles. The highest BCUT2D eigenvalue weighted by atomic mass is 19.1. The number of amidine groups is 2. The van der Waals surface area contributed by atoms with Gasteiger partial charge < -0.3 is 22.1 Å². The Bertz CT molecular complexity index is 1200. The molecule has 0 spiro atoms. The minimum atomic E-state index is -0.655. The van der Waals surface area contributed by atoms with E-state index in [0.29, 0.717) is 29.5 Å². The first-order chi connectivity index (χ1) is 16.6. The van der Waals surface area contributed by atoms with E-state index in [1.165, 1.54) is 30.3 Å². The fourth-order valence-corrected chi connectivity index (χ4v) is 2.96. The molecular formula is C26H32F2N6O. The normalized spacial score (nSPS) is 13.3. The van der Waals surface area contributed by atoms with Gasteiger partial charge in [0.05, 0.1) is 17.2 Å². The van der Waals surface area contributed by atoms with Crippen LogP contribution in [0.3, 0.4) is 0 Å². The number of nitrogens with two attached hydrogens (primary N) is 2. The zero-order valence-electron chi connectivity index (χ0n) is 20.6. The smallest absolute Gasteiger partial charge is 0.323 e.